The minimum Gasteiger partial charge on any atom is -0.272 e. The molecule has 0 heterocycles. The van der Waals surface area contributed by atoms with Crippen LogP contribution >= 0.6 is 37.2 Å². The van der Waals surface area contributed by atoms with Gasteiger partial charge in [-0.3, -0.25) is 6.08 Å². The van der Waals surface area contributed by atoms with Crippen molar-refractivity contribution in [3.63, 3.8) is 0 Å². The molecular weight excluding hydrogens is 687 g/mol. The van der Waals surface area contributed by atoms with E-state index in [1.807, 2.05) is 0 Å². The fraction of sp³-hybridized carbons (Fsp3) is 0.333. The van der Waals surface area contributed by atoms with Gasteiger partial charge in [0, 0.05) is 21.7 Å². The molecule has 250 valence electrons. The van der Waals surface area contributed by atoms with Gasteiger partial charge in [0.25, 0.3) is 0 Å². The Bertz CT molecular complexity index is 1440. The van der Waals surface area contributed by atoms with Gasteiger partial charge in [-0.2, -0.15) is 11.6 Å². The Kier molecular flexibility index (Phi) is 18.4. The van der Waals surface area contributed by atoms with Crippen molar-refractivity contribution in [3.05, 3.63) is 147 Å². The van der Waals surface area contributed by atoms with Crippen molar-refractivity contribution >= 4 is 60.9 Å². The van der Waals surface area contributed by atoms with Crippen LogP contribution in [0.3, 0.4) is 0 Å². The predicted octanol–water partition coefficient (Wildman–Crippen LogP) is 9.64. The number of benzene rings is 4. The van der Waals surface area contributed by atoms with E-state index < -0.39 is 8.07 Å². The van der Waals surface area contributed by atoms with Gasteiger partial charge in [-0.25, -0.2) is 5.20 Å². The molecule has 47 heavy (non-hydrogen) atoms. The molecule has 0 atom stereocenters. The summed E-state index contributed by atoms with van der Waals surface area (Å²) in [5.74, 6) is 0. The molecule has 0 radical (unpaired) electrons. The largest absolute Gasteiger partial charge is 0.272 e. The van der Waals surface area contributed by atoms with E-state index in [1.54, 1.807) is 0 Å². The Balaban J connectivity index is 0.00000276. The van der Waals surface area contributed by atoms with E-state index in [0.717, 1.165) is 51.4 Å². The van der Waals surface area contributed by atoms with Crippen LogP contribution in [0.5, 0.6) is 0 Å². The van der Waals surface area contributed by atoms with Crippen LogP contribution < -0.4 is 15.6 Å². The summed E-state index contributed by atoms with van der Waals surface area (Å²) in [6.45, 7) is 13.9. The maximum atomic E-state index is 4.07. The first kappa shape index (κ1) is 43.2. The summed E-state index contributed by atoms with van der Waals surface area (Å²) in [5, 5.41) is 6.06. The van der Waals surface area contributed by atoms with Crippen molar-refractivity contribution in [1.29, 1.82) is 0 Å². The summed E-state index contributed by atoms with van der Waals surface area (Å²) in [7, 11) is -2.76. The second-order valence-electron chi connectivity index (χ2n) is 12.1. The maximum Gasteiger partial charge on any atom is 0.144 e. The zero-order valence-corrected chi connectivity index (χ0v) is 34.1. The van der Waals surface area contributed by atoms with Crippen molar-refractivity contribution in [1.82, 2.24) is 0 Å². The minimum absolute atomic E-state index is 0. The Hall–Kier alpha value is -1.84. The molecule has 0 amide bonds. The van der Waals surface area contributed by atoms with Crippen molar-refractivity contribution in [3.8, 4) is 0 Å². The third-order valence-corrected chi connectivity index (χ3v) is 14.2. The molecule has 0 saturated heterocycles. The summed E-state index contributed by atoms with van der Waals surface area (Å²) in [6, 6.07) is 33.8. The van der Waals surface area contributed by atoms with E-state index in [4.69, 9.17) is 0 Å². The van der Waals surface area contributed by atoms with E-state index in [9.17, 15) is 0 Å². The maximum absolute atomic E-state index is 4.07. The quantitative estimate of drug-likeness (QED) is 0.0772. The van der Waals surface area contributed by atoms with E-state index in [0.29, 0.717) is 0 Å². The number of allylic oxidation sites excluding steroid dienone is 4. The predicted molar refractivity (Wildman–Crippen MR) is 212 cm³/mol. The zero-order chi connectivity index (χ0) is 30.4. The van der Waals surface area contributed by atoms with Gasteiger partial charge in [-0.05, 0) is 87.5 Å². The van der Waals surface area contributed by atoms with Crippen LogP contribution in [-0.2, 0) is 66.7 Å². The molecule has 4 aromatic carbocycles. The van der Waals surface area contributed by atoms with Crippen molar-refractivity contribution in [2.24, 2.45) is 0 Å². The van der Waals surface area contributed by atoms with Gasteiger partial charge in [0.05, 0.1) is 0 Å². The summed E-state index contributed by atoms with van der Waals surface area (Å²) in [5.41, 5.74) is 11.5. The molecule has 0 spiro atoms. The SMILES string of the molecule is CCc1cc(CC)cc([Si](C2=[C-]CC=C2Cc2ccccc2)(c2cc(CC)cc(CC)c2)c2cc(CC)cc(CC)c2)c1.Cl.Cl.Cl.[Ti]. The van der Waals surface area contributed by atoms with Crippen molar-refractivity contribution in [2.45, 2.75) is 92.9 Å². The fourth-order valence-electron chi connectivity index (χ4n) is 6.94. The van der Waals surface area contributed by atoms with Crippen LogP contribution in [0.1, 0.15) is 86.9 Å². The molecule has 1 aliphatic rings. The monoisotopic (exact) mass is 737 g/mol. The molecular formula is C42H52Cl3SiTi-. The second kappa shape index (κ2) is 20.0. The Morgan fingerprint density at radius 3 is 1.15 bits per heavy atom. The number of rotatable bonds is 12. The van der Waals surface area contributed by atoms with Crippen LogP contribution in [0.15, 0.2) is 102 Å². The van der Waals surface area contributed by atoms with Crippen molar-refractivity contribution < 1.29 is 21.7 Å². The van der Waals surface area contributed by atoms with Crippen LogP contribution in [-0.4, -0.2) is 8.07 Å². The molecule has 5 heteroatoms. The Morgan fingerprint density at radius 1 is 0.489 bits per heavy atom. The first-order valence-corrected chi connectivity index (χ1v) is 18.7. The van der Waals surface area contributed by atoms with Gasteiger partial charge in [-0.15, -0.1) is 43.6 Å². The number of aryl methyl sites for hydroxylation is 6. The molecule has 0 unspecified atom stereocenters. The average Bonchev–Trinajstić information content (AvgIpc) is 3.52. The minimum atomic E-state index is -2.76. The van der Waals surface area contributed by atoms with Gasteiger partial charge < -0.3 is 0 Å². The molecule has 0 saturated carbocycles. The Labute approximate surface area is 320 Å². The van der Waals surface area contributed by atoms with Crippen molar-refractivity contribution in [2.75, 3.05) is 0 Å². The fourth-order valence-corrected chi connectivity index (χ4v) is 12.3. The molecule has 1 aliphatic carbocycles. The molecule has 0 N–H and O–H groups in total. The summed E-state index contributed by atoms with van der Waals surface area (Å²) in [4.78, 5) is 0. The molecule has 0 aromatic heterocycles. The van der Waals surface area contributed by atoms with E-state index in [1.165, 1.54) is 65.3 Å². The second-order valence-corrected chi connectivity index (χ2v) is 15.9. The molecule has 5 rings (SSSR count). The molecule has 0 nitrogen and oxygen atoms in total. The Morgan fingerprint density at radius 2 is 0.830 bits per heavy atom. The van der Waals surface area contributed by atoms with Gasteiger partial charge in [0.15, 0.2) is 0 Å². The number of halogens is 3. The standard InChI is InChI=1S/C42H49Si.3ClH.Ti/c1-7-31-21-32(8-2)26-39(25-31)43(40-27-33(9-3)22-34(10-4)28-40,41-29-35(11-5)23-36(12-6)30-41)42-20-16-19-38(42)24-37-17-14-13-15-18-37;;;;/h13-15,17-19,21-23,25-30H,7-12,16,24H2,1-6H3;3*1H;/q-1;;;;. The summed E-state index contributed by atoms with van der Waals surface area (Å²) < 4.78 is 0. The molecule has 0 aliphatic heterocycles. The normalized spacial score (nSPS) is 12.1. The van der Waals surface area contributed by atoms with Gasteiger partial charge in [0.2, 0.25) is 0 Å². The van der Waals surface area contributed by atoms with Crippen LogP contribution in [0.25, 0.3) is 0 Å². The number of hydrogen-bond donors (Lipinski definition) is 0. The van der Waals surface area contributed by atoms with Crippen LogP contribution in [0, 0.1) is 6.08 Å². The average molecular weight is 739 g/mol. The number of hydrogen-bond acceptors (Lipinski definition) is 0. The van der Waals surface area contributed by atoms with Crippen LogP contribution in [0.2, 0.25) is 0 Å². The third kappa shape index (κ3) is 9.24. The summed E-state index contributed by atoms with van der Waals surface area (Å²) >= 11 is 0. The first-order valence-electron chi connectivity index (χ1n) is 16.7. The van der Waals surface area contributed by atoms with Crippen LogP contribution in [0.4, 0.5) is 0 Å². The van der Waals surface area contributed by atoms with Gasteiger partial charge in [-0.1, -0.05) is 138 Å². The van der Waals surface area contributed by atoms with E-state index in [-0.39, 0.29) is 58.9 Å². The zero-order valence-electron chi connectivity index (χ0n) is 29.0. The van der Waals surface area contributed by atoms with Gasteiger partial charge in [0.1, 0.15) is 8.07 Å². The molecule has 4 aromatic rings. The third-order valence-electron chi connectivity index (χ3n) is 9.47. The molecule has 0 fully saturated rings. The van der Waals surface area contributed by atoms with Gasteiger partial charge >= 0.3 is 0 Å². The van der Waals surface area contributed by atoms with E-state index in [2.05, 4.69) is 139 Å². The molecule has 0 bridgehead atoms. The summed E-state index contributed by atoms with van der Waals surface area (Å²) in [6.07, 6.45) is 14.7. The van der Waals surface area contributed by atoms with E-state index >= 15 is 0 Å². The smallest absolute Gasteiger partial charge is 0.144 e. The first-order chi connectivity index (χ1) is 21.0. The topological polar surface area (TPSA) is 0 Å².